The lowest BCUT2D eigenvalue weighted by molar-refractivity contribution is -0.123. The van der Waals surface area contributed by atoms with Crippen molar-refractivity contribution in [2.24, 2.45) is 0 Å². The number of ether oxygens (including phenoxy) is 1. The minimum absolute atomic E-state index is 0.128. The van der Waals surface area contributed by atoms with Crippen LogP contribution < -0.4 is 10.1 Å². The van der Waals surface area contributed by atoms with Gasteiger partial charge >= 0.3 is 0 Å². The Bertz CT molecular complexity index is 566. The number of likely N-dealkylation sites (N-methyl/N-ethyl adjacent to an activating group) is 1. The number of likely N-dealkylation sites (tertiary alicyclic amines) is 1. The molecule has 1 aliphatic carbocycles. The van der Waals surface area contributed by atoms with Crippen molar-refractivity contribution < 1.29 is 9.53 Å². The predicted molar refractivity (Wildman–Crippen MR) is 99.9 cm³/mol. The fourth-order valence-electron chi connectivity index (χ4n) is 3.48. The number of rotatable bonds is 8. The van der Waals surface area contributed by atoms with Gasteiger partial charge in [-0.15, -0.1) is 0 Å². The second-order valence-electron chi connectivity index (χ2n) is 7.46. The van der Waals surface area contributed by atoms with E-state index in [1.807, 2.05) is 43.1 Å². The number of aryl methyl sites for hydroxylation is 1. The molecule has 1 saturated heterocycles. The Kier molecular flexibility index (Phi) is 6.32. The molecule has 1 heterocycles. The maximum atomic E-state index is 12.2. The van der Waals surface area contributed by atoms with Crippen molar-refractivity contribution in [1.29, 1.82) is 0 Å². The largest absolute Gasteiger partial charge is 0.492 e. The molecule has 138 valence electrons. The van der Waals surface area contributed by atoms with Crippen LogP contribution in [0.15, 0.2) is 24.3 Å². The van der Waals surface area contributed by atoms with Gasteiger partial charge in [-0.1, -0.05) is 18.2 Å². The summed E-state index contributed by atoms with van der Waals surface area (Å²) in [6, 6.07) is 9.20. The van der Waals surface area contributed by atoms with Gasteiger partial charge in [-0.3, -0.25) is 9.69 Å². The third-order valence-electron chi connectivity index (χ3n) is 5.20. The van der Waals surface area contributed by atoms with E-state index in [-0.39, 0.29) is 5.91 Å². The zero-order chi connectivity index (χ0) is 17.6. The quantitative estimate of drug-likeness (QED) is 0.783. The maximum absolute atomic E-state index is 12.2. The highest BCUT2D eigenvalue weighted by molar-refractivity contribution is 5.78. The summed E-state index contributed by atoms with van der Waals surface area (Å²) in [5.41, 5.74) is 1.14. The number of nitrogens with zero attached hydrogens (tertiary/aromatic N) is 2. The van der Waals surface area contributed by atoms with E-state index in [0.29, 0.717) is 19.2 Å². The predicted octanol–water partition coefficient (Wildman–Crippen LogP) is 2.05. The number of hydrogen-bond donors (Lipinski definition) is 1. The van der Waals surface area contributed by atoms with E-state index in [9.17, 15) is 4.79 Å². The van der Waals surface area contributed by atoms with Gasteiger partial charge in [0.05, 0.1) is 6.54 Å². The van der Waals surface area contributed by atoms with Crippen molar-refractivity contribution in [3.05, 3.63) is 29.8 Å². The van der Waals surface area contributed by atoms with Crippen LogP contribution in [-0.4, -0.2) is 67.6 Å². The molecule has 0 atom stereocenters. The van der Waals surface area contributed by atoms with E-state index >= 15 is 0 Å². The summed E-state index contributed by atoms with van der Waals surface area (Å²) in [4.78, 5) is 16.8. The number of piperidine rings is 1. The second-order valence-corrected chi connectivity index (χ2v) is 7.46. The number of carbonyl (C=O) groups is 1. The number of amides is 1. The lowest BCUT2D eigenvalue weighted by Crippen LogP contribution is -2.47. The van der Waals surface area contributed by atoms with E-state index in [1.54, 1.807) is 0 Å². The summed E-state index contributed by atoms with van der Waals surface area (Å²) in [6.45, 7) is 6.07. The molecule has 2 aliphatic rings. The van der Waals surface area contributed by atoms with Gasteiger partial charge in [0, 0.05) is 31.7 Å². The van der Waals surface area contributed by atoms with Gasteiger partial charge in [0.15, 0.2) is 0 Å². The van der Waals surface area contributed by atoms with Crippen molar-refractivity contribution in [3.63, 3.8) is 0 Å². The van der Waals surface area contributed by atoms with Crippen LogP contribution in [0.3, 0.4) is 0 Å². The van der Waals surface area contributed by atoms with Gasteiger partial charge in [0.25, 0.3) is 0 Å². The van der Waals surface area contributed by atoms with E-state index in [1.165, 1.54) is 12.8 Å². The molecule has 3 rings (SSSR count). The monoisotopic (exact) mass is 345 g/mol. The first-order chi connectivity index (χ1) is 12.1. The molecule has 0 spiro atoms. The summed E-state index contributed by atoms with van der Waals surface area (Å²) in [5.74, 6) is 1.05. The Morgan fingerprint density at radius 1 is 1.24 bits per heavy atom. The molecule has 5 nitrogen and oxygen atoms in total. The topological polar surface area (TPSA) is 44.8 Å². The van der Waals surface area contributed by atoms with Gasteiger partial charge < -0.3 is 15.0 Å². The summed E-state index contributed by atoms with van der Waals surface area (Å²) in [5, 5.41) is 3.20. The Hall–Kier alpha value is -1.59. The van der Waals surface area contributed by atoms with Crippen LogP contribution in [0.2, 0.25) is 0 Å². The van der Waals surface area contributed by atoms with Crippen LogP contribution in [0, 0.1) is 6.92 Å². The molecular formula is C20H31N3O2. The van der Waals surface area contributed by atoms with Crippen LogP contribution in [-0.2, 0) is 4.79 Å². The highest BCUT2D eigenvalue weighted by Gasteiger charge is 2.32. The van der Waals surface area contributed by atoms with Gasteiger partial charge in [-0.2, -0.15) is 0 Å². The average molecular weight is 345 g/mol. The number of nitrogens with one attached hydrogen (secondary N) is 1. The molecule has 1 aromatic carbocycles. The molecule has 1 N–H and O–H groups in total. The molecule has 0 radical (unpaired) electrons. The Balaban J connectivity index is 1.30. The first kappa shape index (κ1) is 18.2. The third kappa shape index (κ3) is 5.72. The van der Waals surface area contributed by atoms with E-state index in [4.69, 9.17) is 4.74 Å². The normalized spacial score (nSPS) is 19.2. The zero-order valence-corrected chi connectivity index (χ0v) is 15.5. The molecule has 1 aromatic rings. The van der Waals surface area contributed by atoms with Crippen LogP contribution >= 0.6 is 0 Å². The summed E-state index contributed by atoms with van der Waals surface area (Å²) < 4.78 is 5.80. The second kappa shape index (κ2) is 8.68. The van der Waals surface area contributed by atoms with Gasteiger partial charge in [-0.05, 0) is 51.3 Å². The number of carbonyl (C=O) groups excluding carboxylic acids is 1. The summed E-state index contributed by atoms with van der Waals surface area (Å²) in [6.07, 6.45) is 4.91. The van der Waals surface area contributed by atoms with Gasteiger partial charge in [0.2, 0.25) is 5.91 Å². The van der Waals surface area contributed by atoms with E-state index in [2.05, 4.69) is 10.2 Å². The van der Waals surface area contributed by atoms with Crippen molar-refractivity contribution in [3.8, 4) is 5.75 Å². The summed E-state index contributed by atoms with van der Waals surface area (Å²) >= 11 is 0. The molecular weight excluding hydrogens is 314 g/mol. The number of para-hydroxylation sites is 1. The van der Waals surface area contributed by atoms with E-state index < -0.39 is 0 Å². The number of hydrogen-bond acceptors (Lipinski definition) is 4. The number of benzene rings is 1. The molecule has 5 heteroatoms. The van der Waals surface area contributed by atoms with Crippen molar-refractivity contribution >= 4 is 5.91 Å². The molecule has 0 aromatic heterocycles. The van der Waals surface area contributed by atoms with Gasteiger partial charge in [0.1, 0.15) is 12.4 Å². The van der Waals surface area contributed by atoms with Crippen LogP contribution in [0.4, 0.5) is 0 Å². The lowest BCUT2D eigenvalue weighted by atomic mass is 10.0. The Labute approximate surface area is 151 Å². The molecule has 2 fully saturated rings. The lowest BCUT2D eigenvalue weighted by Gasteiger charge is -2.32. The molecule has 1 aliphatic heterocycles. The fourth-order valence-corrected chi connectivity index (χ4v) is 3.48. The minimum Gasteiger partial charge on any atom is -0.492 e. The van der Waals surface area contributed by atoms with Crippen LogP contribution in [0.1, 0.15) is 31.2 Å². The van der Waals surface area contributed by atoms with Crippen LogP contribution in [0.25, 0.3) is 0 Å². The zero-order valence-electron chi connectivity index (χ0n) is 15.5. The minimum atomic E-state index is 0.128. The first-order valence-corrected chi connectivity index (χ1v) is 9.52. The highest BCUT2D eigenvalue weighted by atomic mass is 16.5. The molecule has 1 saturated carbocycles. The highest BCUT2D eigenvalue weighted by Crippen LogP contribution is 2.29. The Morgan fingerprint density at radius 2 is 1.96 bits per heavy atom. The Morgan fingerprint density at radius 3 is 2.64 bits per heavy atom. The van der Waals surface area contributed by atoms with Crippen molar-refractivity contribution in [2.75, 3.05) is 39.8 Å². The molecule has 0 unspecified atom stereocenters. The third-order valence-corrected chi connectivity index (χ3v) is 5.20. The SMILES string of the molecule is Cc1ccccc1OCCN(C)CC(=O)NC1CCN(C2CC2)CC1. The van der Waals surface area contributed by atoms with Crippen molar-refractivity contribution in [2.45, 2.75) is 44.7 Å². The smallest absolute Gasteiger partial charge is 0.234 e. The summed E-state index contributed by atoms with van der Waals surface area (Å²) in [7, 11) is 1.97. The van der Waals surface area contributed by atoms with E-state index in [0.717, 1.165) is 49.8 Å². The molecule has 25 heavy (non-hydrogen) atoms. The fraction of sp³-hybridized carbons (Fsp3) is 0.650. The average Bonchev–Trinajstić information content (AvgIpc) is 3.42. The van der Waals surface area contributed by atoms with Gasteiger partial charge in [-0.25, -0.2) is 0 Å². The molecule has 1 amide bonds. The van der Waals surface area contributed by atoms with Crippen LogP contribution in [0.5, 0.6) is 5.75 Å². The standard InChI is InChI=1S/C20H31N3O2/c1-16-5-3-4-6-19(16)25-14-13-22(2)15-20(24)21-17-9-11-23(12-10-17)18-7-8-18/h3-6,17-18H,7-15H2,1-2H3,(H,21,24). The first-order valence-electron chi connectivity index (χ1n) is 9.52. The maximum Gasteiger partial charge on any atom is 0.234 e. The molecule has 0 bridgehead atoms. The van der Waals surface area contributed by atoms with Crippen molar-refractivity contribution in [1.82, 2.24) is 15.1 Å².